The minimum absolute atomic E-state index is 0.0231. The summed E-state index contributed by atoms with van der Waals surface area (Å²) in [5, 5.41) is 10.4. The average Bonchev–Trinajstić information content (AvgIpc) is 2.28. The number of nitro groups is 1. The summed E-state index contributed by atoms with van der Waals surface area (Å²) < 4.78 is 18.4. The lowest BCUT2D eigenvalue weighted by molar-refractivity contribution is -0.387. The largest absolute Gasteiger partial charge is 0.488 e. The molecule has 0 atom stereocenters. The van der Waals surface area contributed by atoms with Crippen molar-refractivity contribution in [2.24, 2.45) is 0 Å². The zero-order valence-electron chi connectivity index (χ0n) is 8.65. The third kappa shape index (κ3) is 3.61. The lowest BCUT2D eigenvalue weighted by Crippen LogP contribution is -2.03. The predicted molar refractivity (Wildman–Crippen MR) is 66.6 cm³/mol. The van der Waals surface area contributed by atoms with E-state index in [-0.39, 0.29) is 17.4 Å². The van der Waals surface area contributed by atoms with E-state index in [0.29, 0.717) is 11.3 Å². The van der Waals surface area contributed by atoms with Gasteiger partial charge in [0.2, 0.25) is 5.82 Å². The van der Waals surface area contributed by atoms with E-state index in [9.17, 15) is 14.5 Å². The van der Waals surface area contributed by atoms with Gasteiger partial charge < -0.3 is 4.74 Å². The molecule has 1 aromatic rings. The molecule has 1 aromatic carbocycles. The smallest absolute Gasteiger partial charge is 0.306 e. The van der Waals surface area contributed by atoms with Gasteiger partial charge in [0.1, 0.15) is 12.4 Å². The molecule has 0 aliphatic carbocycles. The van der Waals surface area contributed by atoms with Gasteiger partial charge in [0.15, 0.2) is 0 Å². The van der Waals surface area contributed by atoms with Crippen molar-refractivity contribution in [3.05, 3.63) is 45.2 Å². The molecule has 1 rings (SSSR count). The van der Waals surface area contributed by atoms with Gasteiger partial charge in [-0.2, -0.15) is 17.0 Å². The maximum Gasteiger partial charge on any atom is 0.306 e. The highest BCUT2D eigenvalue weighted by atomic mass is 35.5. The zero-order chi connectivity index (χ0) is 13.0. The van der Waals surface area contributed by atoms with Gasteiger partial charge in [0, 0.05) is 17.9 Å². The lowest BCUT2D eigenvalue weighted by Gasteiger charge is -2.08. The van der Waals surface area contributed by atoms with E-state index in [1.54, 1.807) is 0 Å². The molecule has 0 unspecified atom stereocenters. The first-order valence-electron chi connectivity index (χ1n) is 4.49. The van der Waals surface area contributed by atoms with Crippen molar-refractivity contribution in [3.63, 3.8) is 0 Å². The van der Waals surface area contributed by atoms with E-state index in [1.165, 1.54) is 0 Å². The number of ether oxygens (including phenoxy) is 1. The van der Waals surface area contributed by atoms with Crippen molar-refractivity contribution < 1.29 is 14.1 Å². The summed E-state index contributed by atoms with van der Waals surface area (Å²) in [7, 11) is 0. The summed E-state index contributed by atoms with van der Waals surface area (Å²) in [6.07, 6.45) is 0. The minimum Gasteiger partial charge on any atom is -0.488 e. The van der Waals surface area contributed by atoms with Crippen LogP contribution in [0.3, 0.4) is 0 Å². The Morgan fingerprint density at radius 3 is 2.82 bits per heavy atom. The number of nitro benzene ring substituents is 1. The fraction of sp³-hybridized carbons (Fsp3) is 0.200. The number of hydrogen-bond donors (Lipinski definition) is 1. The van der Waals surface area contributed by atoms with Crippen LogP contribution < -0.4 is 4.74 Å². The molecule has 17 heavy (non-hydrogen) atoms. The molecule has 0 saturated carbocycles. The molecular weight excluding hydrogens is 269 g/mol. The number of thiol groups is 1. The molecule has 0 radical (unpaired) electrons. The molecule has 7 heteroatoms. The quantitative estimate of drug-likeness (QED) is 0.389. The van der Waals surface area contributed by atoms with Crippen molar-refractivity contribution in [1.82, 2.24) is 0 Å². The highest BCUT2D eigenvalue weighted by molar-refractivity contribution is 7.80. The molecule has 0 amide bonds. The van der Waals surface area contributed by atoms with Crippen LogP contribution in [0, 0.1) is 15.9 Å². The summed E-state index contributed by atoms with van der Waals surface area (Å²) in [5.74, 6) is -0.531. The van der Waals surface area contributed by atoms with Crippen LogP contribution in [0.1, 0.15) is 0 Å². The summed E-state index contributed by atoms with van der Waals surface area (Å²) >= 11 is 9.70. The van der Waals surface area contributed by atoms with E-state index in [1.807, 2.05) is 0 Å². The maximum atomic E-state index is 13.3. The highest BCUT2D eigenvalue weighted by Crippen LogP contribution is 2.31. The van der Waals surface area contributed by atoms with Crippen LogP contribution in [0.15, 0.2) is 24.3 Å². The zero-order valence-corrected chi connectivity index (χ0v) is 10.3. The van der Waals surface area contributed by atoms with Gasteiger partial charge in [-0.05, 0) is 5.57 Å². The molecular formula is C10H9ClFNO3S. The van der Waals surface area contributed by atoms with Crippen LogP contribution in [0.2, 0.25) is 5.02 Å². The van der Waals surface area contributed by atoms with Gasteiger partial charge in [0.05, 0.1) is 9.95 Å². The number of halogens is 2. The van der Waals surface area contributed by atoms with Crippen molar-refractivity contribution in [2.45, 2.75) is 0 Å². The van der Waals surface area contributed by atoms with Crippen LogP contribution in [0.5, 0.6) is 5.75 Å². The SMILES string of the molecule is C=C(CS)COc1cc(F)c([N+](=O)[O-])cc1Cl. The maximum absolute atomic E-state index is 13.3. The molecule has 0 N–H and O–H groups in total. The van der Waals surface area contributed by atoms with Crippen molar-refractivity contribution in [1.29, 1.82) is 0 Å². The number of hydrogen-bond acceptors (Lipinski definition) is 4. The molecule has 0 fully saturated rings. The number of benzene rings is 1. The van der Waals surface area contributed by atoms with Gasteiger partial charge >= 0.3 is 5.69 Å². The molecule has 0 bridgehead atoms. The third-order valence-electron chi connectivity index (χ3n) is 1.85. The van der Waals surface area contributed by atoms with Crippen molar-refractivity contribution >= 4 is 29.9 Å². The van der Waals surface area contributed by atoms with E-state index in [4.69, 9.17) is 16.3 Å². The lowest BCUT2D eigenvalue weighted by atomic mass is 10.3. The molecule has 0 aromatic heterocycles. The number of nitrogens with zero attached hydrogens (tertiary/aromatic N) is 1. The van der Waals surface area contributed by atoms with Crippen molar-refractivity contribution in [2.75, 3.05) is 12.4 Å². The van der Waals surface area contributed by atoms with Crippen molar-refractivity contribution in [3.8, 4) is 5.75 Å². The van der Waals surface area contributed by atoms with E-state index >= 15 is 0 Å². The van der Waals surface area contributed by atoms with Crippen LogP contribution in [0.4, 0.5) is 10.1 Å². The molecule has 0 heterocycles. The second-order valence-corrected chi connectivity index (χ2v) is 3.91. The standard InChI is InChI=1S/C10H9ClFNO3S/c1-6(5-17)4-16-10-3-8(12)9(13(14)15)2-7(10)11/h2-3,17H,1,4-5H2. The normalized spacial score (nSPS) is 10.1. The first kappa shape index (κ1) is 13.8. The summed E-state index contributed by atoms with van der Waals surface area (Å²) in [5.41, 5.74) is -0.00136. The summed E-state index contributed by atoms with van der Waals surface area (Å²) in [6, 6.07) is 1.79. The molecule has 92 valence electrons. The fourth-order valence-corrected chi connectivity index (χ4v) is 1.30. The predicted octanol–water partition coefficient (Wildman–Crippen LogP) is 3.25. The highest BCUT2D eigenvalue weighted by Gasteiger charge is 2.18. The molecule has 0 saturated heterocycles. The molecule has 0 aliphatic rings. The van der Waals surface area contributed by atoms with Gasteiger partial charge in [-0.3, -0.25) is 10.1 Å². The monoisotopic (exact) mass is 277 g/mol. The Morgan fingerprint density at radius 2 is 2.29 bits per heavy atom. The second kappa shape index (κ2) is 5.88. The Morgan fingerprint density at radius 1 is 1.65 bits per heavy atom. The molecule has 0 spiro atoms. The van der Waals surface area contributed by atoms with Gasteiger partial charge in [-0.15, -0.1) is 0 Å². The second-order valence-electron chi connectivity index (χ2n) is 3.19. The van der Waals surface area contributed by atoms with E-state index < -0.39 is 16.4 Å². The topological polar surface area (TPSA) is 52.4 Å². The average molecular weight is 278 g/mol. The molecule has 4 nitrogen and oxygen atoms in total. The first-order valence-corrected chi connectivity index (χ1v) is 5.50. The summed E-state index contributed by atoms with van der Waals surface area (Å²) in [6.45, 7) is 3.77. The van der Waals surface area contributed by atoms with Gasteiger partial charge in [0.25, 0.3) is 0 Å². The van der Waals surface area contributed by atoms with Crippen LogP contribution in [-0.2, 0) is 0 Å². The first-order chi connectivity index (χ1) is 7.95. The fourth-order valence-electron chi connectivity index (χ4n) is 0.994. The Balaban J connectivity index is 2.92. The number of rotatable bonds is 5. The Hall–Kier alpha value is -1.27. The van der Waals surface area contributed by atoms with Crippen LogP contribution in [0.25, 0.3) is 0 Å². The Labute approximate surface area is 108 Å². The summed E-state index contributed by atoms with van der Waals surface area (Å²) in [4.78, 5) is 9.59. The van der Waals surface area contributed by atoms with Crippen LogP contribution in [-0.4, -0.2) is 17.3 Å². The van der Waals surface area contributed by atoms with Gasteiger partial charge in [-0.25, -0.2) is 0 Å². The minimum atomic E-state index is -0.995. The van der Waals surface area contributed by atoms with E-state index in [2.05, 4.69) is 19.2 Å². The van der Waals surface area contributed by atoms with Gasteiger partial charge in [-0.1, -0.05) is 18.2 Å². The third-order valence-corrected chi connectivity index (χ3v) is 2.60. The van der Waals surface area contributed by atoms with E-state index in [0.717, 1.165) is 12.1 Å². The molecule has 0 aliphatic heterocycles. The van der Waals surface area contributed by atoms with Crippen LogP contribution >= 0.6 is 24.2 Å². The Bertz CT molecular complexity index is 467. The Kier molecular flexibility index (Phi) is 4.77.